The van der Waals surface area contributed by atoms with Crippen molar-refractivity contribution < 1.29 is 14.3 Å². The number of aromatic amines is 1. The monoisotopic (exact) mass is 341 g/mol. The summed E-state index contributed by atoms with van der Waals surface area (Å²) < 4.78 is 11.2. The molecule has 1 amide bonds. The third-order valence-electron chi connectivity index (χ3n) is 3.94. The van der Waals surface area contributed by atoms with Crippen LogP contribution in [0.3, 0.4) is 0 Å². The zero-order valence-electron chi connectivity index (χ0n) is 13.9. The Hall–Kier alpha value is -2.92. The maximum absolute atomic E-state index is 12.4. The molecule has 0 bridgehead atoms. The second-order valence-corrected chi connectivity index (χ2v) is 5.62. The predicted molar refractivity (Wildman–Crippen MR) is 87.7 cm³/mol. The van der Waals surface area contributed by atoms with Crippen LogP contribution >= 0.6 is 0 Å². The Morgan fingerprint density at radius 2 is 2.28 bits per heavy atom. The zero-order chi connectivity index (χ0) is 17.6. The maximum atomic E-state index is 12.4. The van der Waals surface area contributed by atoms with Gasteiger partial charge in [0.2, 0.25) is 0 Å². The van der Waals surface area contributed by atoms with Gasteiger partial charge in [0, 0.05) is 13.0 Å². The number of nitrogens with one attached hydrogen (secondary N) is 1. The molecule has 0 aliphatic carbocycles. The number of hydrogen-bond donors (Lipinski definition) is 1. The number of carbonyl (C=O) groups is 1. The van der Waals surface area contributed by atoms with Crippen molar-refractivity contribution in [2.45, 2.75) is 19.4 Å². The largest absolute Gasteiger partial charge is 0.484 e. The summed E-state index contributed by atoms with van der Waals surface area (Å²) in [6.07, 6.45) is 0.435. The third kappa shape index (κ3) is 4.14. The lowest BCUT2D eigenvalue weighted by atomic mass is 10.2. The first-order valence-electron chi connectivity index (χ1n) is 8.13. The van der Waals surface area contributed by atoms with Crippen LogP contribution < -0.4 is 4.74 Å². The molecule has 2 heterocycles. The van der Waals surface area contributed by atoms with Crippen LogP contribution in [0.15, 0.2) is 24.3 Å². The Kier molecular flexibility index (Phi) is 5.26. The molecule has 2 aromatic rings. The first-order valence-corrected chi connectivity index (χ1v) is 8.13. The number of benzene rings is 1. The molecule has 25 heavy (non-hydrogen) atoms. The van der Waals surface area contributed by atoms with Gasteiger partial charge < -0.3 is 14.4 Å². The number of aromatic nitrogens is 3. The van der Waals surface area contributed by atoms with E-state index in [1.165, 1.54) is 0 Å². The molecular formula is C17H19N5O3. The Morgan fingerprint density at radius 3 is 2.96 bits per heavy atom. The number of amides is 1. The molecule has 1 saturated heterocycles. The highest BCUT2D eigenvalue weighted by Crippen LogP contribution is 2.19. The van der Waals surface area contributed by atoms with Crippen molar-refractivity contribution in [2.75, 3.05) is 26.3 Å². The van der Waals surface area contributed by atoms with E-state index in [2.05, 4.69) is 15.2 Å². The van der Waals surface area contributed by atoms with Gasteiger partial charge in [0.15, 0.2) is 12.4 Å². The lowest BCUT2D eigenvalue weighted by Gasteiger charge is -2.31. The van der Waals surface area contributed by atoms with Crippen molar-refractivity contribution >= 4 is 5.91 Å². The average Bonchev–Trinajstić information content (AvgIpc) is 3.16. The van der Waals surface area contributed by atoms with Crippen molar-refractivity contribution in [3.63, 3.8) is 0 Å². The molecule has 1 fully saturated rings. The molecule has 1 aromatic carbocycles. The molecule has 1 aliphatic rings. The van der Waals surface area contributed by atoms with Crippen LogP contribution in [0, 0.1) is 11.3 Å². The second-order valence-electron chi connectivity index (χ2n) is 5.62. The van der Waals surface area contributed by atoms with E-state index < -0.39 is 0 Å². The van der Waals surface area contributed by atoms with Gasteiger partial charge in [-0.1, -0.05) is 6.92 Å². The van der Waals surface area contributed by atoms with E-state index in [1.807, 2.05) is 13.0 Å². The average molecular weight is 341 g/mol. The van der Waals surface area contributed by atoms with Crippen LogP contribution in [-0.4, -0.2) is 52.3 Å². The number of aryl methyl sites for hydroxylation is 1. The van der Waals surface area contributed by atoms with Gasteiger partial charge in [-0.25, -0.2) is 4.98 Å². The number of H-pyrrole nitrogens is 1. The summed E-state index contributed by atoms with van der Waals surface area (Å²) in [5, 5.41) is 15.8. The number of carbonyl (C=O) groups excluding carboxylic acids is 1. The van der Waals surface area contributed by atoms with Gasteiger partial charge in [0.1, 0.15) is 17.7 Å². The van der Waals surface area contributed by atoms with Crippen molar-refractivity contribution in [3.05, 3.63) is 41.5 Å². The SMILES string of the molecule is CCc1nc([C@@H]2CN(C(=O)COc3ccc(C#N)cc3)CCO2)n[nH]1. The van der Waals surface area contributed by atoms with Crippen LogP contribution in [-0.2, 0) is 16.0 Å². The smallest absolute Gasteiger partial charge is 0.260 e. The lowest BCUT2D eigenvalue weighted by molar-refractivity contribution is -0.141. The minimum atomic E-state index is -0.329. The van der Waals surface area contributed by atoms with Gasteiger partial charge in [-0.05, 0) is 24.3 Å². The van der Waals surface area contributed by atoms with E-state index in [9.17, 15) is 4.79 Å². The molecule has 130 valence electrons. The van der Waals surface area contributed by atoms with Crippen LogP contribution in [0.5, 0.6) is 5.75 Å². The Morgan fingerprint density at radius 1 is 1.48 bits per heavy atom. The number of rotatable bonds is 5. The van der Waals surface area contributed by atoms with Crippen LogP contribution in [0.2, 0.25) is 0 Å². The van der Waals surface area contributed by atoms with Crippen molar-refractivity contribution in [2.24, 2.45) is 0 Å². The van der Waals surface area contributed by atoms with Gasteiger partial charge in [-0.15, -0.1) is 0 Å². The van der Waals surface area contributed by atoms with Crippen molar-refractivity contribution in [1.82, 2.24) is 20.1 Å². The fourth-order valence-electron chi connectivity index (χ4n) is 2.51. The number of morpholine rings is 1. The number of hydrogen-bond acceptors (Lipinski definition) is 6. The summed E-state index contributed by atoms with van der Waals surface area (Å²) >= 11 is 0. The summed E-state index contributed by atoms with van der Waals surface area (Å²) in [5.41, 5.74) is 0.549. The maximum Gasteiger partial charge on any atom is 0.260 e. The van der Waals surface area contributed by atoms with Gasteiger partial charge in [0.05, 0.1) is 24.8 Å². The summed E-state index contributed by atoms with van der Waals surface area (Å²) in [5.74, 6) is 1.80. The summed E-state index contributed by atoms with van der Waals surface area (Å²) in [4.78, 5) is 18.4. The zero-order valence-corrected chi connectivity index (χ0v) is 13.9. The third-order valence-corrected chi connectivity index (χ3v) is 3.94. The molecule has 8 nitrogen and oxygen atoms in total. The molecule has 8 heteroatoms. The minimum absolute atomic E-state index is 0.0627. The predicted octanol–water partition coefficient (Wildman–Crippen LogP) is 1.22. The summed E-state index contributed by atoms with van der Waals surface area (Å²) in [7, 11) is 0. The summed E-state index contributed by atoms with van der Waals surface area (Å²) in [6, 6.07) is 8.69. The normalized spacial score (nSPS) is 17.1. The highest BCUT2D eigenvalue weighted by molar-refractivity contribution is 5.77. The highest BCUT2D eigenvalue weighted by atomic mass is 16.5. The van der Waals surface area contributed by atoms with E-state index in [1.54, 1.807) is 29.2 Å². The van der Waals surface area contributed by atoms with Gasteiger partial charge in [-0.3, -0.25) is 9.89 Å². The Bertz CT molecular complexity index is 765. The van der Waals surface area contributed by atoms with Crippen molar-refractivity contribution in [1.29, 1.82) is 5.26 Å². The molecule has 1 aliphatic heterocycles. The first-order chi connectivity index (χ1) is 12.2. The lowest BCUT2D eigenvalue weighted by Crippen LogP contribution is -2.44. The van der Waals surface area contributed by atoms with E-state index >= 15 is 0 Å². The van der Waals surface area contributed by atoms with E-state index in [0.29, 0.717) is 36.8 Å². The van der Waals surface area contributed by atoms with E-state index in [0.717, 1.165) is 12.2 Å². The molecule has 0 spiro atoms. The standard InChI is InChI=1S/C17H19N5O3/c1-2-15-19-17(21-20-15)14-10-22(7-8-24-14)16(23)11-25-13-5-3-12(9-18)4-6-13/h3-6,14H,2,7-8,10-11H2,1H3,(H,19,20,21)/t14-/m0/s1. The highest BCUT2D eigenvalue weighted by Gasteiger charge is 2.28. The fraction of sp³-hybridized carbons (Fsp3) is 0.412. The molecular weight excluding hydrogens is 322 g/mol. The quantitative estimate of drug-likeness (QED) is 0.877. The number of nitrogens with zero attached hydrogens (tertiary/aromatic N) is 4. The topological polar surface area (TPSA) is 104 Å². The summed E-state index contributed by atoms with van der Waals surface area (Å²) in [6.45, 7) is 3.27. The van der Waals surface area contributed by atoms with Crippen molar-refractivity contribution in [3.8, 4) is 11.8 Å². The first kappa shape index (κ1) is 16.9. The Labute approximate surface area is 145 Å². The number of nitriles is 1. The van der Waals surface area contributed by atoms with E-state index in [-0.39, 0.29) is 18.6 Å². The molecule has 1 aromatic heterocycles. The molecule has 0 saturated carbocycles. The second kappa shape index (κ2) is 7.77. The number of ether oxygens (including phenoxy) is 2. The molecule has 1 N–H and O–H groups in total. The van der Waals surface area contributed by atoms with Crippen LogP contribution in [0.4, 0.5) is 0 Å². The molecule has 0 unspecified atom stereocenters. The van der Waals surface area contributed by atoms with Crippen LogP contribution in [0.25, 0.3) is 0 Å². The molecule has 3 rings (SSSR count). The van der Waals surface area contributed by atoms with Gasteiger partial charge >= 0.3 is 0 Å². The van der Waals surface area contributed by atoms with Crippen LogP contribution in [0.1, 0.15) is 30.2 Å². The van der Waals surface area contributed by atoms with Gasteiger partial charge in [-0.2, -0.15) is 10.4 Å². The fourth-order valence-corrected chi connectivity index (χ4v) is 2.51. The Balaban J connectivity index is 1.55. The van der Waals surface area contributed by atoms with Gasteiger partial charge in [0.25, 0.3) is 5.91 Å². The van der Waals surface area contributed by atoms with E-state index in [4.69, 9.17) is 14.7 Å². The minimum Gasteiger partial charge on any atom is -0.484 e. The molecule has 1 atom stereocenters. The molecule has 0 radical (unpaired) electrons.